The number of thiophene rings is 1. The molecule has 1 saturated carbocycles. The Hall–Kier alpha value is -2.19. The van der Waals surface area contributed by atoms with Crippen LogP contribution in [0.15, 0.2) is 40.4 Å². The Balaban J connectivity index is 1.26. The topological polar surface area (TPSA) is 78.9 Å². The zero-order valence-electron chi connectivity index (χ0n) is 16.1. The molecule has 1 fully saturated rings. The quantitative estimate of drug-likeness (QED) is 0.437. The summed E-state index contributed by atoms with van der Waals surface area (Å²) in [6.07, 6.45) is 8.31. The van der Waals surface area contributed by atoms with Crippen LogP contribution in [0.2, 0.25) is 0 Å². The molecule has 8 heteroatoms. The summed E-state index contributed by atoms with van der Waals surface area (Å²) in [4.78, 5) is 20.8. The van der Waals surface area contributed by atoms with Gasteiger partial charge in [0, 0.05) is 18.3 Å². The number of carbonyl (C=O) groups is 1. The van der Waals surface area contributed by atoms with Crippen molar-refractivity contribution in [1.82, 2.24) is 15.3 Å². The summed E-state index contributed by atoms with van der Waals surface area (Å²) in [7, 11) is 0. The zero-order chi connectivity index (χ0) is 20.1. The molecule has 152 valence electrons. The van der Waals surface area contributed by atoms with E-state index >= 15 is 0 Å². The van der Waals surface area contributed by atoms with Crippen molar-refractivity contribution in [3.05, 3.63) is 46.0 Å². The van der Waals surface area contributed by atoms with E-state index in [1.54, 1.807) is 17.7 Å². The first-order valence-electron chi connectivity index (χ1n) is 9.98. The molecule has 1 aromatic carbocycles. The number of fused-ring (bicyclic) bond motifs is 1. The molecular weight excluding hydrogens is 450 g/mol. The Labute approximate surface area is 182 Å². The van der Waals surface area contributed by atoms with Crippen LogP contribution in [0.5, 0.6) is 0 Å². The van der Waals surface area contributed by atoms with Crippen molar-refractivity contribution < 1.29 is 4.79 Å². The second-order valence-corrected chi connectivity index (χ2v) is 9.73. The summed E-state index contributed by atoms with van der Waals surface area (Å²) in [6.45, 7) is 0.774. The molecule has 2 aromatic heterocycles. The monoisotopic (exact) mass is 473 g/mol. The molecule has 0 spiro atoms. The Kier molecular flexibility index (Phi) is 6.61. The number of anilines is 2. The first-order chi connectivity index (χ1) is 14.2. The Morgan fingerprint density at radius 3 is 2.72 bits per heavy atom. The molecule has 1 aliphatic rings. The zero-order valence-corrected chi connectivity index (χ0v) is 18.5. The molecule has 0 unspecified atom stereocenters. The molecule has 3 aromatic rings. The molecule has 4 rings (SSSR count). The molecule has 0 radical (unpaired) electrons. The van der Waals surface area contributed by atoms with Crippen LogP contribution in [-0.4, -0.2) is 28.6 Å². The number of rotatable bonds is 6. The van der Waals surface area contributed by atoms with E-state index < -0.39 is 0 Å². The number of urea groups is 1. The van der Waals surface area contributed by atoms with Gasteiger partial charge in [-0.25, -0.2) is 14.8 Å². The van der Waals surface area contributed by atoms with Crippen molar-refractivity contribution in [3.8, 4) is 0 Å². The van der Waals surface area contributed by atoms with Crippen molar-refractivity contribution >= 4 is 55.0 Å². The largest absolute Gasteiger partial charge is 0.368 e. The van der Waals surface area contributed by atoms with Gasteiger partial charge in [-0.15, -0.1) is 11.3 Å². The van der Waals surface area contributed by atoms with E-state index in [0.717, 1.165) is 51.3 Å². The highest BCUT2D eigenvalue weighted by atomic mass is 79.9. The van der Waals surface area contributed by atoms with Crippen LogP contribution >= 0.6 is 27.3 Å². The van der Waals surface area contributed by atoms with Crippen LogP contribution in [0.3, 0.4) is 0 Å². The Morgan fingerprint density at radius 2 is 1.93 bits per heavy atom. The van der Waals surface area contributed by atoms with Gasteiger partial charge in [0.2, 0.25) is 0 Å². The van der Waals surface area contributed by atoms with E-state index in [-0.39, 0.29) is 6.03 Å². The molecule has 0 bridgehead atoms. The number of hydrogen-bond donors (Lipinski definition) is 3. The molecule has 1 aliphatic carbocycles. The lowest BCUT2D eigenvalue weighted by Crippen LogP contribution is -2.38. The van der Waals surface area contributed by atoms with Crippen molar-refractivity contribution in [1.29, 1.82) is 0 Å². The number of carbonyl (C=O) groups excluding carboxylic acids is 1. The number of nitrogens with one attached hydrogen (secondary N) is 3. The Bertz CT molecular complexity index is 969. The minimum absolute atomic E-state index is 0.110. The molecule has 0 aliphatic heterocycles. The van der Waals surface area contributed by atoms with Crippen molar-refractivity contribution in [2.45, 2.75) is 44.6 Å². The normalized spacial score (nSPS) is 14.7. The molecule has 29 heavy (non-hydrogen) atoms. The van der Waals surface area contributed by atoms with Crippen LogP contribution in [0.4, 0.5) is 16.3 Å². The summed E-state index contributed by atoms with van der Waals surface area (Å²) in [5.41, 5.74) is 2.96. The molecule has 2 heterocycles. The summed E-state index contributed by atoms with van der Waals surface area (Å²) >= 11 is 5.13. The van der Waals surface area contributed by atoms with Gasteiger partial charge in [0.05, 0.1) is 14.0 Å². The lowest BCUT2D eigenvalue weighted by atomic mass is 9.96. The van der Waals surface area contributed by atoms with Crippen LogP contribution in [0, 0.1) is 0 Å². The van der Waals surface area contributed by atoms with E-state index in [0.29, 0.717) is 6.04 Å². The number of amides is 2. The van der Waals surface area contributed by atoms with Gasteiger partial charge in [0.15, 0.2) is 0 Å². The van der Waals surface area contributed by atoms with Gasteiger partial charge < -0.3 is 16.0 Å². The average Bonchev–Trinajstić information content (AvgIpc) is 3.11. The first kappa shape index (κ1) is 20.1. The minimum atomic E-state index is -0.110. The summed E-state index contributed by atoms with van der Waals surface area (Å²) in [5, 5.41) is 9.41. The van der Waals surface area contributed by atoms with E-state index in [1.807, 2.05) is 18.2 Å². The van der Waals surface area contributed by atoms with Gasteiger partial charge >= 0.3 is 6.03 Å². The van der Waals surface area contributed by atoms with E-state index in [9.17, 15) is 4.79 Å². The third-order valence-electron chi connectivity index (χ3n) is 5.14. The van der Waals surface area contributed by atoms with Gasteiger partial charge in [0.1, 0.15) is 12.1 Å². The maximum Gasteiger partial charge on any atom is 0.319 e. The van der Waals surface area contributed by atoms with Gasteiger partial charge in [-0.3, -0.25) is 0 Å². The molecule has 0 saturated heterocycles. The standard InChI is InChI=1S/C21H24BrN5OS/c22-18-12-17-19(29-18)20(25-13-24-17)23-11-10-14-6-8-16(9-7-14)27-21(28)26-15-4-2-1-3-5-15/h6-9,12-13,15H,1-5,10-11H2,(H,23,24,25)(H2,26,27,28). The van der Waals surface area contributed by atoms with Crippen LogP contribution in [0.25, 0.3) is 10.2 Å². The molecule has 0 atom stereocenters. The second-order valence-electron chi connectivity index (χ2n) is 7.29. The third-order valence-corrected chi connectivity index (χ3v) is 6.77. The fourth-order valence-electron chi connectivity index (χ4n) is 3.63. The fourth-order valence-corrected chi connectivity index (χ4v) is 5.14. The third kappa shape index (κ3) is 5.45. The van der Waals surface area contributed by atoms with Crippen molar-refractivity contribution in [2.75, 3.05) is 17.2 Å². The fraction of sp³-hybridized carbons (Fsp3) is 0.381. The van der Waals surface area contributed by atoms with Gasteiger partial charge in [-0.1, -0.05) is 31.4 Å². The van der Waals surface area contributed by atoms with Crippen LogP contribution in [0.1, 0.15) is 37.7 Å². The van der Waals surface area contributed by atoms with E-state index in [4.69, 9.17) is 0 Å². The maximum atomic E-state index is 12.2. The molecular formula is C21H24BrN5OS. The summed E-state index contributed by atoms with van der Waals surface area (Å²) in [6, 6.07) is 10.2. The van der Waals surface area contributed by atoms with Gasteiger partial charge in [-0.05, 0) is 59.0 Å². The van der Waals surface area contributed by atoms with Gasteiger partial charge in [0.25, 0.3) is 0 Å². The maximum absolute atomic E-state index is 12.2. The van der Waals surface area contributed by atoms with E-state index in [2.05, 4.69) is 54.0 Å². The average molecular weight is 474 g/mol. The SMILES string of the molecule is O=C(Nc1ccc(CCNc2ncnc3cc(Br)sc23)cc1)NC1CCCCC1. The Morgan fingerprint density at radius 1 is 1.14 bits per heavy atom. The van der Waals surface area contributed by atoms with Crippen molar-refractivity contribution in [3.63, 3.8) is 0 Å². The van der Waals surface area contributed by atoms with Gasteiger partial charge in [-0.2, -0.15) is 0 Å². The highest BCUT2D eigenvalue weighted by molar-refractivity contribution is 9.11. The lowest BCUT2D eigenvalue weighted by Gasteiger charge is -2.22. The number of aromatic nitrogens is 2. The summed E-state index contributed by atoms with van der Waals surface area (Å²) < 4.78 is 2.11. The molecule has 2 amide bonds. The second kappa shape index (κ2) is 9.54. The first-order valence-corrected chi connectivity index (χ1v) is 11.6. The molecule has 3 N–H and O–H groups in total. The number of nitrogens with zero attached hydrogens (tertiary/aromatic N) is 2. The highest BCUT2D eigenvalue weighted by Gasteiger charge is 2.15. The summed E-state index contributed by atoms with van der Waals surface area (Å²) in [5.74, 6) is 0.864. The number of benzene rings is 1. The smallest absolute Gasteiger partial charge is 0.319 e. The minimum Gasteiger partial charge on any atom is -0.368 e. The lowest BCUT2D eigenvalue weighted by molar-refractivity contribution is 0.244. The van der Waals surface area contributed by atoms with E-state index in [1.165, 1.54) is 24.8 Å². The predicted molar refractivity (Wildman–Crippen MR) is 123 cm³/mol. The number of hydrogen-bond acceptors (Lipinski definition) is 5. The molecule has 6 nitrogen and oxygen atoms in total. The highest BCUT2D eigenvalue weighted by Crippen LogP contribution is 2.32. The van der Waals surface area contributed by atoms with Crippen LogP contribution < -0.4 is 16.0 Å². The number of halogens is 1. The predicted octanol–water partition coefficient (Wildman–Crippen LogP) is 5.56. The van der Waals surface area contributed by atoms with Crippen molar-refractivity contribution in [2.24, 2.45) is 0 Å². The van der Waals surface area contributed by atoms with Crippen LogP contribution in [-0.2, 0) is 6.42 Å².